The van der Waals surface area contributed by atoms with Gasteiger partial charge in [-0.25, -0.2) is 0 Å². The molecule has 0 aliphatic heterocycles. The number of hydrogen-bond donors (Lipinski definition) is 2. The second-order valence-electron chi connectivity index (χ2n) is 8.79. The van der Waals surface area contributed by atoms with Gasteiger partial charge in [0.25, 0.3) is 20.2 Å². The molecule has 0 unspecified atom stereocenters. The maximum Gasteiger partial charge on any atom is 0.294 e. The van der Waals surface area contributed by atoms with Crippen molar-refractivity contribution in [1.29, 1.82) is 0 Å². The van der Waals surface area contributed by atoms with Gasteiger partial charge < -0.3 is 0 Å². The van der Waals surface area contributed by atoms with Crippen LogP contribution in [0.25, 0.3) is 21.5 Å². The standard InChI is InChI=1S/C11H10N2.2C10H8O3S/c1-3-7-12-10(5-1)9-11-6-2-4-8-13-11;2*11-14(12,13)10-6-5-8-3-1-2-4-9(8)7-10/h1-8H,9H2;2*1-7H,(H,11,12,13). The van der Waals surface area contributed by atoms with Crippen LogP contribution in [-0.4, -0.2) is 35.9 Å². The van der Waals surface area contributed by atoms with Crippen molar-refractivity contribution in [2.75, 3.05) is 0 Å². The van der Waals surface area contributed by atoms with Crippen LogP contribution >= 0.6 is 0 Å². The van der Waals surface area contributed by atoms with E-state index in [0.29, 0.717) is 0 Å². The van der Waals surface area contributed by atoms with Crippen LogP contribution < -0.4 is 0 Å². The first-order valence-electron chi connectivity index (χ1n) is 12.3. The molecule has 6 aromatic rings. The predicted molar refractivity (Wildman–Crippen MR) is 159 cm³/mol. The minimum atomic E-state index is -4.09. The third kappa shape index (κ3) is 8.75. The lowest BCUT2D eigenvalue weighted by molar-refractivity contribution is 0.481. The van der Waals surface area contributed by atoms with Gasteiger partial charge in [0.15, 0.2) is 0 Å². The van der Waals surface area contributed by atoms with Gasteiger partial charge >= 0.3 is 0 Å². The summed E-state index contributed by atoms with van der Waals surface area (Å²) < 4.78 is 61.0. The first kappa shape index (κ1) is 29.5. The fourth-order valence-corrected chi connectivity index (χ4v) is 4.88. The van der Waals surface area contributed by atoms with Gasteiger partial charge in [-0.3, -0.25) is 19.1 Å². The highest BCUT2D eigenvalue weighted by atomic mass is 32.2. The van der Waals surface area contributed by atoms with Gasteiger partial charge in [0.05, 0.1) is 9.79 Å². The Labute approximate surface area is 238 Å². The molecule has 0 aliphatic rings. The van der Waals surface area contributed by atoms with Crippen LogP contribution in [0, 0.1) is 0 Å². The molecule has 0 saturated carbocycles. The minimum absolute atomic E-state index is 0.0730. The highest BCUT2D eigenvalue weighted by Crippen LogP contribution is 2.19. The van der Waals surface area contributed by atoms with E-state index >= 15 is 0 Å². The van der Waals surface area contributed by atoms with Crippen molar-refractivity contribution in [3.05, 3.63) is 145 Å². The summed E-state index contributed by atoms with van der Waals surface area (Å²) in [5, 5.41) is 3.48. The Hall–Kier alpha value is -4.48. The van der Waals surface area contributed by atoms with Crippen molar-refractivity contribution in [2.45, 2.75) is 16.2 Å². The summed E-state index contributed by atoms with van der Waals surface area (Å²) in [7, 11) is -8.19. The van der Waals surface area contributed by atoms with Crippen LogP contribution in [-0.2, 0) is 26.7 Å². The first-order chi connectivity index (χ1) is 19.6. The lowest BCUT2D eigenvalue weighted by Gasteiger charge is -1.99. The molecule has 10 heteroatoms. The summed E-state index contributed by atoms with van der Waals surface area (Å²) in [6.07, 6.45) is 4.41. The van der Waals surface area contributed by atoms with Gasteiger partial charge in [0.2, 0.25) is 0 Å². The van der Waals surface area contributed by atoms with E-state index in [1.54, 1.807) is 36.7 Å². The average Bonchev–Trinajstić information content (AvgIpc) is 2.97. The molecule has 0 atom stereocenters. The maximum absolute atomic E-state index is 10.8. The number of hydrogen-bond acceptors (Lipinski definition) is 6. The topological polar surface area (TPSA) is 135 Å². The average molecular weight is 587 g/mol. The van der Waals surface area contributed by atoms with E-state index in [1.165, 1.54) is 24.3 Å². The molecule has 2 aromatic heterocycles. The number of rotatable bonds is 4. The van der Waals surface area contributed by atoms with Crippen molar-refractivity contribution in [2.24, 2.45) is 0 Å². The fraction of sp³-hybridized carbons (Fsp3) is 0.0323. The fourth-order valence-electron chi connectivity index (χ4n) is 3.85. The number of fused-ring (bicyclic) bond motifs is 2. The lowest BCUT2D eigenvalue weighted by atomic mass is 10.1. The molecule has 0 spiro atoms. The third-order valence-electron chi connectivity index (χ3n) is 5.85. The Bertz CT molecular complexity index is 1820. The molecule has 2 heterocycles. The van der Waals surface area contributed by atoms with E-state index < -0.39 is 20.2 Å². The SMILES string of the molecule is O=S(=O)(O)c1ccc2ccccc2c1.O=S(=O)(O)c1ccc2ccccc2c1.c1ccc(Cc2ccccn2)nc1. The number of nitrogens with zero attached hydrogens (tertiary/aromatic N) is 2. The Balaban J connectivity index is 0.000000142. The van der Waals surface area contributed by atoms with Crippen LogP contribution in [0.2, 0.25) is 0 Å². The molecular formula is C31H26N2O6S2. The first-order valence-corrected chi connectivity index (χ1v) is 15.2. The van der Waals surface area contributed by atoms with E-state index in [1.807, 2.05) is 72.8 Å². The number of benzene rings is 4. The molecule has 0 aliphatic carbocycles. The van der Waals surface area contributed by atoms with E-state index in [-0.39, 0.29) is 9.79 Å². The van der Waals surface area contributed by atoms with Gasteiger partial charge in [-0.1, -0.05) is 72.8 Å². The van der Waals surface area contributed by atoms with Gasteiger partial charge in [0.1, 0.15) is 0 Å². The molecule has 6 rings (SSSR count). The van der Waals surface area contributed by atoms with Gasteiger partial charge in [0, 0.05) is 30.2 Å². The Morgan fingerprint density at radius 2 is 0.829 bits per heavy atom. The second-order valence-corrected chi connectivity index (χ2v) is 11.6. The van der Waals surface area contributed by atoms with Gasteiger partial charge in [-0.05, 0) is 70.1 Å². The van der Waals surface area contributed by atoms with Crippen LogP contribution in [0.4, 0.5) is 0 Å². The summed E-state index contributed by atoms with van der Waals surface area (Å²) in [4.78, 5) is 8.32. The Morgan fingerprint density at radius 3 is 1.17 bits per heavy atom. The number of aromatic nitrogens is 2. The van der Waals surface area contributed by atoms with Crippen molar-refractivity contribution < 1.29 is 25.9 Å². The summed E-state index contributed by atoms with van der Waals surface area (Å²) in [5.74, 6) is 0. The molecule has 0 bridgehead atoms. The molecule has 0 radical (unpaired) electrons. The van der Waals surface area contributed by atoms with Crippen molar-refractivity contribution in [1.82, 2.24) is 9.97 Å². The zero-order valence-corrected chi connectivity index (χ0v) is 23.3. The van der Waals surface area contributed by atoms with Crippen LogP contribution in [0.5, 0.6) is 0 Å². The molecular weight excluding hydrogens is 560 g/mol. The highest BCUT2D eigenvalue weighted by Gasteiger charge is 2.09. The van der Waals surface area contributed by atoms with E-state index in [4.69, 9.17) is 9.11 Å². The van der Waals surface area contributed by atoms with Gasteiger partial charge in [-0.2, -0.15) is 16.8 Å². The zero-order chi connectivity index (χ0) is 29.3. The Kier molecular flexibility index (Phi) is 9.53. The monoisotopic (exact) mass is 586 g/mol. The zero-order valence-electron chi connectivity index (χ0n) is 21.6. The van der Waals surface area contributed by atoms with Crippen molar-refractivity contribution in [3.8, 4) is 0 Å². The third-order valence-corrected chi connectivity index (χ3v) is 7.55. The quantitative estimate of drug-likeness (QED) is 0.232. The lowest BCUT2D eigenvalue weighted by Crippen LogP contribution is -1.97. The molecule has 208 valence electrons. The predicted octanol–water partition coefficient (Wildman–Crippen LogP) is 6.24. The van der Waals surface area contributed by atoms with E-state index in [0.717, 1.165) is 39.4 Å². The van der Waals surface area contributed by atoms with Crippen molar-refractivity contribution in [3.63, 3.8) is 0 Å². The molecule has 0 amide bonds. The smallest absolute Gasteiger partial charge is 0.282 e. The van der Waals surface area contributed by atoms with Crippen LogP contribution in [0.3, 0.4) is 0 Å². The molecule has 2 N–H and O–H groups in total. The highest BCUT2D eigenvalue weighted by molar-refractivity contribution is 7.86. The van der Waals surface area contributed by atoms with E-state index in [9.17, 15) is 16.8 Å². The van der Waals surface area contributed by atoms with Gasteiger partial charge in [-0.15, -0.1) is 0 Å². The maximum atomic E-state index is 10.8. The normalized spacial score (nSPS) is 11.2. The summed E-state index contributed by atoms with van der Waals surface area (Å²) in [6, 6.07) is 35.6. The molecule has 0 fully saturated rings. The van der Waals surface area contributed by atoms with Crippen molar-refractivity contribution >= 4 is 41.8 Å². The molecule has 41 heavy (non-hydrogen) atoms. The molecule has 4 aromatic carbocycles. The Morgan fingerprint density at radius 1 is 0.463 bits per heavy atom. The summed E-state index contributed by atoms with van der Waals surface area (Å²) >= 11 is 0. The van der Waals surface area contributed by atoms with Crippen LogP contribution in [0.15, 0.2) is 144 Å². The van der Waals surface area contributed by atoms with Crippen LogP contribution in [0.1, 0.15) is 11.4 Å². The molecule has 8 nitrogen and oxygen atoms in total. The largest absolute Gasteiger partial charge is 0.294 e. The second kappa shape index (κ2) is 13.2. The molecule has 0 saturated heterocycles. The summed E-state index contributed by atoms with van der Waals surface area (Å²) in [5.41, 5.74) is 2.11. The number of pyridine rings is 2. The summed E-state index contributed by atoms with van der Waals surface area (Å²) in [6.45, 7) is 0. The minimum Gasteiger partial charge on any atom is -0.282 e. The van der Waals surface area contributed by atoms with E-state index in [2.05, 4.69) is 9.97 Å².